The lowest BCUT2D eigenvalue weighted by Crippen LogP contribution is -2.55. The second kappa shape index (κ2) is 7.65. The largest absolute Gasteiger partial charge is 0.456 e. The van der Waals surface area contributed by atoms with Crippen molar-refractivity contribution >= 4 is 20.2 Å². The number of rotatable bonds is 6. The minimum absolute atomic E-state index is 0.0460. The van der Waals surface area contributed by atoms with Crippen LogP contribution in [-0.4, -0.2) is 49.9 Å². The van der Waals surface area contributed by atoms with Crippen LogP contribution in [0.3, 0.4) is 0 Å². The van der Waals surface area contributed by atoms with Gasteiger partial charge in [0.05, 0.1) is 6.10 Å². The van der Waals surface area contributed by atoms with Crippen LogP contribution in [0.5, 0.6) is 0 Å². The second-order valence-electron chi connectivity index (χ2n) is 7.75. The first-order valence-corrected chi connectivity index (χ1v) is 11.2. The van der Waals surface area contributed by atoms with Crippen LogP contribution in [0.25, 0.3) is 0 Å². The standard InChI is InChI=1S/C18H31NO4Si/c1-9-12-19(13(2)20)17-15(22-14(3)21)10-11-16(17)23-24(7,8)18(4,5)6/h9-11,15-17H,1,12H2,2-8H3/t15-,16+,17+/m0/s1. The van der Waals surface area contributed by atoms with Gasteiger partial charge in [0.2, 0.25) is 5.91 Å². The molecule has 0 aliphatic heterocycles. The molecule has 6 heteroatoms. The van der Waals surface area contributed by atoms with Gasteiger partial charge in [-0.15, -0.1) is 6.58 Å². The molecule has 1 amide bonds. The van der Waals surface area contributed by atoms with Gasteiger partial charge >= 0.3 is 5.97 Å². The van der Waals surface area contributed by atoms with Crippen molar-refractivity contribution in [2.75, 3.05) is 6.54 Å². The molecule has 1 aliphatic carbocycles. The molecule has 0 aromatic rings. The fourth-order valence-electron chi connectivity index (χ4n) is 2.51. The zero-order chi connectivity index (χ0) is 18.7. The molecule has 0 spiro atoms. The summed E-state index contributed by atoms with van der Waals surface area (Å²) in [7, 11) is -2.04. The van der Waals surface area contributed by atoms with Crippen molar-refractivity contribution in [2.45, 2.75) is 71.0 Å². The molecule has 0 N–H and O–H groups in total. The third-order valence-electron chi connectivity index (χ3n) is 4.79. The molecule has 3 atom stereocenters. The van der Waals surface area contributed by atoms with Gasteiger partial charge in [-0.3, -0.25) is 9.59 Å². The van der Waals surface area contributed by atoms with Gasteiger partial charge in [-0.2, -0.15) is 0 Å². The summed E-state index contributed by atoms with van der Waals surface area (Å²) in [5, 5.41) is 0.0460. The van der Waals surface area contributed by atoms with Gasteiger partial charge in [0.1, 0.15) is 12.1 Å². The maximum atomic E-state index is 12.1. The van der Waals surface area contributed by atoms with Crippen molar-refractivity contribution in [3.05, 3.63) is 24.8 Å². The molecule has 1 rings (SSSR count). The summed E-state index contributed by atoms with van der Waals surface area (Å²) in [6.45, 7) is 17.8. The van der Waals surface area contributed by atoms with Gasteiger partial charge in [-0.25, -0.2) is 0 Å². The van der Waals surface area contributed by atoms with E-state index < -0.39 is 14.4 Å². The van der Waals surface area contributed by atoms with Crippen molar-refractivity contribution in [2.24, 2.45) is 0 Å². The van der Waals surface area contributed by atoms with E-state index in [0.29, 0.717) is 6.54 Å². The Kier molecular flexibility index (Phi) is 6.58. The monoisotopic (exact) mass is 353 g/mol. The average Bonchev–Trinajstić information content (AvgIpc) is 2.75. The Bertz CT molecular complexity index is 522. The fourth-order valence-corrected chi connectivity index (χ4v) is 3.77. The molecule has 0 radical (unpaired) electrons. The summed E-state index contributed by atoms with van der Waals surface area (Å²) in [6, 6.07) is -0.362. The molecule has 0 unspecified atom stereocenters. The smallest absolute Gasteiger partial charge is 0.303 e. The van der Waals surface area contributed by atoms with Gasteiger partial charge < -0.3 is 14.1 Å². The first-order chi connectivity index (χ1) is 10.9. The zero-order valence-corrected chi connectivity index (χ0v) is 17.0. The Labute approximate surface area is 146 Å². The molecular weight excluding hydrogens is 322 g/mol. The van der Waals surface area contributed by atoms with Crippen LogP contribution in [0.15, 0.2) is 24.8 Å². The Morgan fingerprint density at radius 3 is 2.17 bits per heavy atom. The van der Waals surface area contributed by atoms with Crippen LogP contribution < -0.4 is 0 Å². The van der Waals surface area contributed by atoms with Crippen molar-refractivity contribution < 1.29 is 18.8 Å². The van der Waals surface area contributed by atoms with Crippen molar-refractivity contribution in [1.82, 2.24) is 4.90 Å². The molecule has 136 valence electrons. The number of ether oxygens (including phenoxy) is 1. The SMILES string of the molecule is C=CCN(C(C)=O)[C@@H]1[C@@H](OC(C)=O)C=C[C@H]1O[Si](C)(C)C(C)(C)C. The number of nitrogens with zero attached hydrogens (tertiary/aromatic N) is 1. The first kappa shape index (κ1) is 20.6. The van der Waals surface area contributed by atoms with Crippen molar-refractivity contribution in [3.63, 3.8) is 0 Å². The van der Waals surface area contributed by atoms with Crippen LogP contribution >= 0.6 is 0 Å². The van der Waals surface area contributed by atoms with E-state index in [1.165, 1.54) is 13.8 Å². The van der Waals surface area contributed by atoms with E-state index in [4.69, 9.17) is 9.16 Å². The van der Waals surface area contributed by atoms with E-state index in [0.717, 1.165) is 0 Å². The summed E-state index contributed by atoms with van der Waals surface area (Å²) >= 11 is 0. The normalized spacial score (nSPS) is 23.9. The van der Waals surface area contributed by atoms with E-state index in [1.54, 1.807) is 11.0 Å². The molecule has 5 nitrogen and oxygen atoms in total. The highest BCUT2D eigenvalue weighted by Crippen LogP contribution is 2.39. The maximum Gasteiger partial charge on any atom is 0.303 e. The number of carbonyl (C=O) groups excluding carboxylic acids is 2. The summed E-state index contributed by atoms with van der Waals surface area (Å²) in [6.07, 6.45) is 4.62. The van der Waals surface area contributed by atoms with Gasteiger partial charge in [-0.05, 0) is 24.2 Å². The molecule has 24 heavy (non-hydrogen) atoms. The molecule has 1 aliphatic rings. The average molecular weight is 354 g/mol. The van der Waals surface area contributed by atoms with Crippen LogP contribution in [0.2, 0.25) is 18.1 Å². The Morgan fingerprint density at radius 2 is 1.75 bits per heavy atom. The van der Waals surface area contributed by atoms with Crippen LogP contribution in [0.4, 0.5) is 0 Å². The summed E-state index contributed by atoms with van der Waals surface area (Å²) in [5.41, 5.74) is 0. The number of hydrogen-bond acceptors (Lipinski definition) is 4. The quantitative estimate of drug-likeness (QED) is 0.418. The summed E-state index contributed by atoms with van der Waals surface area (Å²) in [4.78, 5) is 25.2. The predicted octanol–water partition coefficient (Wildman–Crippen LogP) is 3.28. The van der Waals surface area contributed by atoms with E-state index in [2.05, 4.69) is 40.4 Å². The Morgan fingerprint density at radius 1 is 1.21 bits per heavy atom. The number of amides is 1. The highest BCUT2D eigenvalue weighted by molar-refractivity contribution is 6.74. The van der Waals surface area contributed by atoms with E-state index in [-0.39, 0.29) is 29.1 Å². The Balaban J connectivity index is 3.13. The minimum atomic E-state index is -2.04. The van der Waals surface area contributed by atoms with E-state index >= 15 is 0 Å². The Hall–Kier alpha value is -1.40. The number of carbonyl (C=O) groups is 2. The highest BCUT2D eigenvalue weighted by atomic mass is 28.4. The lowest BCUT2D eigenvalue weighted by Gasteiger charge is -2.42. The highest BCUT2D eigenvalue weighted by Gasteiger charge is 2.46. The first-order valence-electron chi connectivity index (χ1n) is 8.32. The molecular formula is C18H31NO4Si. The van der Waals surface area contributed by atoms with Crippen LogP contribution in [0, 0.1) is 0 Å². The molecule has 0 aromatic heterocycles. The topological polar surface area (TPSA) is 55.8 Å². The molecule has 0 heterocycles. The van der Waals surface area contributed by atoms with Crippen molar-refractivity contribution in [1.29, 1.82) is 0 Å². The summed E-state index contributed by atoms with van der Waals surface area (Å²) < 4.78 is 11.9. The fraction of sp³-hybridized carbons (Fsp3) is 0.667. The lowest BCUT2D eigenvalue weighted by atomic mass is 10.1. The minimum Gasteiger partial charge on any atom is -0.456 e. The number of esters is 1. The molecule has 0 saturated heterocycles. The predicted molar refractivity (Wildman–Crippen MR) is 98.1 cm³/mol. The molecule has 0 saturated carbocycles. The van der Waals surface area contributed by atoms with E-state index in [9.17, 15) is 9.59 Å². The number of hydrogen-bond donors (Lipinski definition) is 0. The third-order valence-corrected chi connectivity index (χ3v) is 9.27. The van der Waals surface area contributed by atoms with Gasteiger partial charge in [0, 0.05) is 20.4 Å². The zero-order valence-electron chi connectivity index (χ0n) is 16.0. The lowest BCUT2D eigenvalue weighted by molar-refractivity contribution is -0.151. The van der Waals surface area contributed by atoms with Gasteiger partial charge in [-0.1, -0.05) is 32.9 Å². The molecule has 0 bridgehead atoms. The molecule has 0 aromatic carbocycles. The second-order valence-corrected chi connectivity index (χ2v) is 12.5. The molecule has 0 fully saturated rings. The van der Waals surface area contributed by atoms with E-state index in [1.807, 2.05) is 12.2 Å². The van der Waals surface area contributed by atoms with Gasteiger partial charge in [0.25, 0.3) is 0 Å². The van der Waals surface area contributed by atoms with Gasteiger partial charge in [0.15, 0.2) is 8.32 Å². The van der Waals surface area contributed by atoms with Crippen LogP contribution in [0.1, 0.15) is 34.6 Å². The third kappa shape index (κ3) is 4.80. The summed E-state index contributed by atoms with van der Waals surface area (Å²) in [5.74, 6) is -0.464. The van der Waals surface area contributed by atoms with Crippen LogP contribution in [-0.2, 0) is 18.8 Å². The maximum absolute atomic E-state index is 12.1. The van der Waals surface area contributed by atoms with Crippen molar-refractivity contribution in [3.8, 4) is 0 Å².